The molecular formula is C11H8BrClN4O. The van der Waals surface area contributed by atoms with Gasteiger partial charge in [0.2, 0.25) is 0 Å². The molecule has 0 saturated heterocycles. The van der Waals surface area contributed by atoms with Gasteiger partial charge in [-0.2, -0.15) is 0 Å². The van der Waals surface area contributed by atoms with Crippen LogP contribution >= 0.6 is 27.5 Å². The molecule has 5 nitrogen and oxygen atoms in total. The van der Waals surface area contributed by atoms with Crippen molar-refractivity contribution in [3.05, 3.63) is 45.7 Å². The summed E-state index contributed by atoms with van der Waals surface area (Å²) in [5, 5.41) is 2.93. The topological polar surface area (TPSA) is 80.9 Å². The second-order valence-electron chi connectivity index (χ2n) is 3.39. The van der Waals surface area contributed by atoms with E-state index in [0.29, 0.717) is 21.0 Å². The van der Waals surface area contributed by atoms with Crippen LogP contribution < -0.4 is 11.1 Å². The molecule has 92 valence electrons. The van der Waals surface area contributed by atoms with Crippen LogP contribution in [0.4, 0.5) is 11.6 Å². The average Bonchev–Trinajstić information content (AvgIpc) is 2.32. The molecule has 0 saturated carbocycles. The molecule has 2 aromatic rings. The van der Waals surface area contributed by atoms with E-state index < -0.39 is 0 Å². The highest BCUT2D eigenvalue weighted by Crippen LogP contribution is 2.19. The SMILES string of the molecule is Nc1cc(C(=O)Nc2cccc(Cl)n2)c(Br)cn1. The van der Waals surface area contributed by atoms with E-state index in [4.69, 9.17) is 17.3 Å². The molecule has 0 aliphatic rings. The lowest BCUT2D eigenvalue weighted by Crippen LogP contribution is -2.14. The van der Waals surface area contributed by atoms with E-state index in [9.17, 15) is 4.79 Å². The number of amides is 1. The molecule has 2 aromatic heterocycles. The van der Waals surface area contributed by atoms with Gasteiger partial charge < -0.3 is 11.1 Å². The van der Waals surface area contributed by atoms with E-state index in [0.717, 1.165) is 0 Å². The minimum atomic E-state index is -0.342. The number of halogens is 2. The van der Waals surface area contributed by atoms with E-state index in [2.05, 4.69) is 31.2 Å². The number of hydrogen-bond acceptors (Lipinski definition) is 4. The number of aromatic nitrogens is 2. The number of hydrogen-bond donors (Lipinski definition) is 2. The minimum absolute atomic E-state index is 0.266. The summed E-state index contributed by atoms with van der Waals surface area (Å²) in [6.45, 7) is 0. The first kappa shape index (κ1) is 12.8. The Hall–Kier alpha value is -1.66. The molecule has 0 radical (unpaired) electrons. The number of nitrogens with two attached hydrogens (primary N) is 1. The maximum absolute atomic E-state index is 12.0. The maximum atomic E-state index is 12.0. The summed E-state index contributed by atoms with van der Waals surface area (Å²) in [6, 6.07) is 6.44. The van der Waals surface area contributed by atoms with E-state index in [-0.39, 0.29) is 11.7 Å². The molecule has 0 unspecified atom stereocenters. The number of anilines is 2. The summed E-state index contributed by atoms with van der Waals surface area (Å²) >= 11 is 8.96. The molecular weight excluding hydrogens is 320 g/mol. The third-order valence-corrected chi connectivity index (χ3v) is 2.92. The second-order valence-corrected chi connectivity index (χ2v) is 4.63. The molecule has 0 aliphatic carbocycles. The summed E-state index contributed by atoms with van der Waals surface area (Å²) in [5.41, 5.74) is 5.91. The van der Waals surface area contributed by atoms with Crippen LogP contribution in [0.15, 0.2) is 34.9 Å². The Morgan fingerprint density at radius 2 is 2.22 bits per heavy atom. The standard InChI is InChI=1S/C11H8BrClN4O/c12-7-5-15-9(14)4-6(7)11(18)17-10-3-1-2-8(13)16-10/h1-5H,(H2,14,15)(H,16,17,18). The van der Waals surface area contributed by atoms with Gasteiger partial charge in [0.25, 0.3) is 5.91 Å². The van der Waals surface area contributed by atoms with Crippen molar-refractivity contribution in [2.45, 2.75) is 0 Å². The molecule has 2 heterocycles. The number of nitrogens with zero attached hydrogens (tertiary/aromatic N) is 2. The predicted molar refractivity (Wildman–Crippen MR) is 73.5 cm³/mol. The molecule has 0 aromatic carbocycles. The van der Waals surface area contributed by atoms with Crippen LogP contribution in [0.3, 0.4) is 0 Å². The molecule has 18 heavy (non-hydrogen) atoms. The highest BCUT2D eigenvalue weighted by molar-refractivity contribution is 9.10. The average molecular weight is 328 g/mol. The third kappa shape index (κ3) is 2.96. The fourth-order valence-electron chi connectivity index (χ4n) is 1.29. The summed E-state index contributed by atoms with van der Waals surface area (Å²) in [5.74, 6) is 0.294. The number of carbonyl (C=O) groups excluding carboxylic acids is 1. The van der Waals surface area contributed by atoms with Crippen LogP contribution in [-0.4, -0.2) is 15.9 Å². The highest BCUT2D eigenvalue weighted by Gasteiger charge is 2.12. The lowest BCUT2D eigenvalue weighted by molar-refractivity contribution is 0.102. The first-order chi connectivity index (χ1) is 8.56. The smallest absolute Gasteiger partial charge is 0.258 e. The summed E-state index contributed by atoms with van der Waals surface area (Å²) in [7, 11) is 0. The van der Waals surface area contributed by atoms with Gasteiger partial charge in [-0.15, -0.1) is 0 Å². The van der Waals surface area contributed by atoms with Gasteiger partial charge in [0, 0.05) is 10.7 Å². The monoisotopic (exact) mass is 326 g/mol. The van der Waals surface area contributed by atoms with Gasteiger partial charge in [0.1, 0.15) is 16.8 Å². The van der Waals surface area contributed by atoms with Crippen molar-refractivity contribution in [1.29, 1.82) is 0 Å². The molecule has 0 bridgehead atoms. The number of nitrogens with one attached hydrogen (secondary N) is 1. The first-order valence-electron chi connectivity index (χ1n) is 4.91. The molecule has 1 amide bonds. The largest absolute Gasteiger partial charge is 0.384 e. The second kappa shape index (κ2) is 5.32. The summed E-state index contributed by atoms with van der Waals surface area (Å²) in [6.07, 6.45) is 1.47. The van der Waals surface area contributed by atoms with Crippen LogP contribution in [0.1, 0.15) is 10.4 Å². The van der Waals surface area contributed by atoms with E-state index in [1.165, 1.54) is 12.3 Å². The van der Waals surface area contributed by atoms with Gasteiger partial charge >= 0.3 is 0 Å². The molecule has 3 N–H and O–H groups in total. The Morgan fingerprint density at radius 1 is 1.44 bits per heavy atom. The van der Waals surface area contributed by atoms with Gasteiger partial charge in [-0.25, -0.2) is 9.97 Å². The van der Waals surface area contributed by atoms with Crippen LogP contribution in [0, 0.1) is 0 Å². The number of rotatable bonds is 2. The summed E-state index contributed by atoms with van der Waals surface area (Å²) in [4.78, 5) is 19.8. The number of nitrogen functional groups attached to an aromatic ring is 1. The van der Waals surface area contributed by atoms with Crippen LogP contribution in [-0.2, 0) is 0 Å². The minimum Gasteiger partial charge on any atom is -0.384 e. The normalized spacial score (nSPS) is 10.1. The third-order valence-electron chi connectivity index (χ3n) is 2.08. The Labute approximate surface area is 117 Å². The molecule has 2 rings (SSSR count). The predicted octanol–water partition coefficient (Wildman–Crippen LogP) is 2.73. The van der Waals surface area contributed by atoms with E-state index in [1.54, 1.807) is 18.2 Å². The molecule has 0 spiro atoms. The molecule has 0 aliphatic heterocycles. The number of pyridine rings is 2. The Morgan fingerprint density at radius 3 is 2.94 bits per heavy atom. The van der Waals surface area contributed by atoms with Crippen molar-refractivity contribution < 1.29 is 4.79 Å². The zero-order valence-corrected chi connectivity index (χ0v) is 11.4. The Kier molecular flexibility index (Phi) is 3.78. The highest BCUT2D eigenvalue weighted by atomic mass is 79.9. The quantitative estimate of drug-likeness (QED) is 0.831. The first-order valence-corrected chi connectivity index (χ1v) is 6.08. The molecule has 0 atom stereocenters. The lowest BCUT2D eigenvalue weighted by Gasteiger charge is -2.06. The van der Waals surface area contributed by atoms with E-state index in [1.807, 2.05) is 0 Å². The van der Waals surface area contributed by atoms with Gasteiger partial charge in [-0.1, -0.05) is 17.7 Å². The van der Waals surface area contributed by atoms with Crippen molar-refractivity contribution in [1.82, 2.24) is 9.97 Å². The number of carbonyl (C=O) groups is 1. The van der Waals surface area contributed by atoms with Gasteiger partial charge in [0.05, 0.1) is 5.56 Å². The zero-order chi connectivity index (χ0) is 13.1. The molecule has 7 heteroatoms. The van der Waals surface area contributed by atoms with Crippen LogP contribution in [0.5, 0.6) is 0 Å². The van der Waals surface area contributed by atoms with Gasteiger partial charge in [-0.3, -0.25) is 4.79 Å². The van der Waals surface area contributed by atoms with Crippen LogP contribution in [0.2, 0.25) is 5.15 Å². The summed E-state index contributed by atoms with van der Waals surface area (Å²) < 4.78 is 0.552. The zero-order valence-electron chi connectivity index (χ0n) is 9.02. The fourth-order valence-corrected chi connectivity index (χ4v) is 1.85. The Balaban J connectivity index is 2.24. The van der Waals surface area contributed by atoms with Crippen molar-refractivity contribution >= 4 is 45.1 Å². The van der Waals surface area contributed by atoms with Gasteiger partial charge in [0.15, 0.2) is 0 Å². The van der Waals surface area contributed by atoms with Crippen molar-refractivity contribution in [3.63, 3.8) is 0 Å². The Bertz CT molecular complexity index is 605. The van der Waals surface area contributed by atoms with E-state index >= 15 is 0 Å². The molecule has 0 fully saturated rings. The maximum Gasteiger partial charge on any atom is 0.258 e. The van der Waals surface area contributed by atoms with Crippen LogP contribution in [0.25, 0.3) is 0 Å². The van der Waals surface area contributed by atoms with Crippen molar-refractivity contribution in [2.24, 2.45) is 0 Å². The fraction of sp³-hybridized carbons (Fsp3) is 0. The van der Waals surface area contributed by atoms with Crippen molar-refractivity contribution in [2.75, 3.05) is 11.1 Å². The lowest BCUT2D eigenvalue weighted by atomic mass is 10.2. The van der Waals surface area contributed by atoms with Crippen molar-refractivity contribution in [3.8, 4) is 0 Å². The van der Waals surface area contributed by atoms with Gasteiger partial charge in [-0.05, 0) is 34.1 Å².